The fraction of sp³-hybridized carbons (Fsp3) is 0.323. The van der Waals surface area contributed by atoms with Crippen LogP contribution in [0.3, 0.4) is 0 Å². The second kappa shape index (κ2) is 9.28. The molecule has 0 bridgehead atoms. The van der Waals surface area contributed by atoms with Crippen LogP contribution in [0.15, 0.2) is 94.9 Å². The Morgan fingerprint density at radius 3 is 1.67 bits per heavy atom. The monoisotopic (exact) mass is 437 g/mol. The van der Waals surface area contributed by atoms with Crippen molar-refractivity contribution in [3.63, 3.8) is 0 Å². The minimum atomic E-state index is -0.247. The van der Waals surface area contributed by atoms with Crippen molar-refractivity contribution in [2.75, 3.05) is 19.0 Å². The minimum Gasteiger partial charge on any atom is -0.378 e. The molecule has 0 spiro atoms. The standard InChI is InChI=1S/C31H35NO/c1-30(2,3)27-20-22(21-28(29(27)33)31(4,5)6)14-19-26(23-12-10-9-11-13-23)24-15-17-25(18-16-24)32(7)8/h9-13,15-18,20-21H,1-8H3. The molecule has 1 aliphatic carbocycles. The zero-order chi connectivity index (χ0) is 24.4. The van der Waals surface area contributed by atoms with Crippen molar-refractivity contribution in [3.8, 4) is 0 Å². The summed E-state index contributed by atoms with van der Waals surface area (Å²) < 4.78 is 0. The van der Waals surface area contributed by atoms with Crippen molar-refractivity contribution < 1.29 is 4.79 Å². The number of ketones is 1. The zero-order valence-electron chi connectivity index (χ0n) is 21.2. The highest BCUT2D eigenvalue weighted by atomic mass is 16.1. The molecule has 0 aromatic heterocycles. The first kappa shape index (κ1) is 24.3. The summed E-state index contributed by atoms with van der Waals surface area (Å²) in [6.45, 7) is 12.5. The second-order valence-electron chi connectivity index (χ2n) is 10.8. The third-order valence-corrected chi connectivity index (χ3v) is 5.77. The molecular formula is C31H35NO. The van der Waals surface area contributed by atoms with E-state index in [4.69, 9.17) is 0 Å². The van der Waals surface area contributed by atoms with E-state index in [9.17, 15) is 4.79 Å². The molecule has 33 heavy (non-hydrogen) atoms. The van der Waals surface area contributed by atoms with Crippen LogP contribution in [0.4, 0.5) is 5.69 Å². The first-order chi connectivity index (χ1) is 15.4. The minimum absolute atomic E-state index is 0.132. The average Bonchev–Trinajstić information content (AvgIpc) is 2.74. The maximum Gasteiger partial charge on any atom is 0.186 e. The van der Waals surface area contributed by atoms with Crippen molar-refractivity contribution >= 4 is 17.0 Å². The molecule has 2 aromatic rings. The smallest absolute Gasteiger partial charge is 0.186 e. The molecule has 0 saturated carbocycles. The molecule has 0 amide bonds. The van der Waals surface area contributed by atoms with Crippen molar-refractivity contribution in [2.45, 2.75) is 41.5 Å². The summed E-state index contributed by atoms with van der Waals surface area (Å²) in [5.41, 5.74) is 13.1. The Hall–Kier alpha value is -3.31. The van der Waals surface area contributed by atoms with Gasteiger partial charge in [0, 0.05) is 42.1 Å². The van der Waals surface area contributed by atoms with Gasteiger partial charge >= 0.3 is 0 Å². The molecule has 0 fully saturated rings. The van der Waals surface area contributed by atoms with Gasteiger partial charge in [0.2, 0.25) is 0 Å². The van der Waals surface area contributed by atoms with Crippen LogP contribution < -0.4 is 4.90 Å². The summed E-state index contributed by atoms with van der Waals surface area (Å²) in [7, 11) is 4.08. The lowest BCUT2D eigenvalue weighted by Crippen LogP contribution is -2.27. The maximum absolute atomic E-state index is 13.2. The number of hydrogen-bond acceptors (Lipinski definition) is 2. The average molecular weight is 438 g/mol. The van der Waals surface area contributed by atoms with Gasteiger partial charge in [-0.05, 0) is 46.2 Å². The Morgan fingerprint density at radius 2 is 1.21 bits per heavy atom. The van der Waals surface area contributed by atoms with E-state index in [1.165, 1.54) is 0 Å². The van der Waals surface area contributed by atoms with Gasteiger partial charge in [0.05, 0.1) is 0 Å². The van der Waals surface area contributed by atoms with Crippen molar-refractivity contribution in [3.05, 3.63) is 106 Å². The van der Waals surface area contributed by atoms with Gasteiger partial charge in [0.25, 0.3) is 0 Å². The summed E-state index contributed by atoms with van der Waals surface area (Å²) in [5.74, 6) is 0.132. The summed E-state index contributed by atoms with van der Waals surface area (Å²) in [6, 6.07) is 18.7. The molecule has 170 valence electrons. The molecule has 2 aromatic carbocycles. The number of allylic oxidation sites excluding steroid dienone is 5. The SMILES string of the molecule is CN(C)c1ccc(C(=C=C=C2C=C(C(C)(C)C)C(=O)C(C(C)(C)C)=C2)c2ccccc2)cc1. The van der Waals surface area contributed by atoms with Crippen LogP contribution in [0.25, 0.3) is 5.57 Å². The predicted octanol–water partition coefficient (Wildman–Crippen LogP) is 7.39. The summed E-state index contributed by atoms with van der Waals surface area (Å²) in [4.78, 5) is 15.3. The van der Waals surface area contributed by atoms with Crippen LogP contribution in [-0.4, -0.2) is 19.9 Å². The van der Waals surface area contributed by atoms with E-state index in [1.54, 1.807) is 0 Å². The Kier molecular flexibility index (Phi) is 6.84. The lowest BCUT2D eigenvalue weighted by atomic mass is 9.72. The first-order valence-electron chi connectivity index (χ1n) is 11.5. The Morgan fingerprint density at radius 1 is 0.727 bits per heavy atom. The van der Waals surface area contributed by atoms with Crippen molar-refractivity contribution in [1.29, 1.82) is 0 Å². The second-order valence-corrected chi connectivity index (χ2v) is 10.8. The van der Waals surface area contributed by atoms with Gasteiger partial charge in [-0.25, -0.2) is 0 Å². The van der Waals surface area contributed by atoms with E-state index in [1.807, 2.05) is 44.4 Å². The molecule has 0 N–H and O–H groups in total. The van der Waals surface area contributed by atoms with Crippen LogP contribution in [0.2, 0.25) is 0 Å². The largest absolute Gasteiger partial charge is 0.378 e. The van der Waals surface area contributed by atoms with Crippen LogP contribution in [0.1, 0.15) is 52.7 Å². The fourth-order valence-corrected chi connectivity index (χ4v) is 3.79. The molecule has 0 aliphatic heterocycles. The number of benzene rings is 2. The molecule has 2 nitrogen and oxygen atoms in total. The highest BCUT2D eigenvalue weighted by molar-refractivity contribution is 6.11. The number of rotatable bonds is 3. The van der Waals surface area contributed by atoms with Gasteiger partial charge in [-0.15, -0.1) is 0 Å². The number of carbonyl (C=O) groups is 1. The van der Waals surface area contributed by atoms with E-state index < -0.39 is 0 Å². The van der Waals surface area contributed by atoms with Gasteiger partial charge in [-0.1, -0.05) is 95.5 Å². The van der Waals surface area contributed by atoms with E-state index in [-0.39, 0.29) is 16.6 Å². The highest BCUT2D eigenvalue weighted by Gasteiger charge is 2.33. The number of hydrogen-bond donors (Lipinski definition) is 0. The van der Waals surface area contributed by atoms with Crippen LogP contribution >= 0.6 is 0 Å². The molecule has 0 radical (unpaired) electrons. The maximum atomic E-state index is 13.2. The first-order valence-corrected chi connectivity index (χ1v) is 11.5. The number of Topliss-reactive ketones (excluding diaryl/α,β-unsaturated/α-hetero) is 1. The Bertz CT molecular complexity index is 1160. The van der Waals surface area contributed by atoms with E-state index >= 15 is 0 Å². The summed E-state index contributed by atoms with van der Waals surface area (Å²) in [6.07, 6.45) is 3.95. The van der Waals surface area contributed by atoms with Crippen molar-refractivity contribution in [2.24, 2.45) is 10.8 Å². The highest BCUT2D eigenvalue weighted by Crippen LogP contribution is 2.38. The molecule has 0 heterocycles. The normalized spacial score (nSPS) is 14.2. The molecule has 3 rings (SSSR count). The molecule has 1 aliphatic rings. The van der Waals surface area contributed by atoms with Crippen molar-refractivity contribution in [1.82, 2.24) is 0 Å². The molecule has 2 heteroatoms. The van der Waals surface area contributed by atoms with Gasteiger partial charge in [-0.3, -0.25) is 4.79 Å². The third-order valence-electron chi connectivity index (χ3n) is 5.77. The predicted molar refractivity (Wildman–Crippen MR) is 140 cm³/mol. The summed E-state index contributed by atoms with van der Waals surface area (Å²) in [5, 5.41) is 0. The molecule has 0 atom stereocenters. The lowest BCUT2D eigenvalue weighted by molar-refractivity contribution is -0.114. The zero-order valence-corrected chi connectivity index (χ0v) is 21.2. The van der Waals surface area contributed by atoms with Crippen LogP contribution in [0, 0.1) is 10.8 Å². The van der Waals surface area contributed by atoms with Crippen LogP contribution in [0.5, 0.6) is 0 Å². The number of carbonyl (C=O) groups excluding carboxylic acids is 1. The Balaban J connectivity index is 2.29. The molecule has 0 saturated heterocycles. The Labute approximate surface area is 199 Å². The quantitative estimate of drug-likeness (QED) is 0.467. The number of anilines is 1. The molecular weight excluding hydrogens is 402 g/mol. The van der Waals surface area contributed by atoms with Gasteiger partial charge in [0.15, 0.2) is 5.78 Å². The lowest BCUT2D eigenvalue weighted by Gasteiger charge is -2.30. The van der Waals surface area contributed by atoms with Gasteiger partial charge < -0.3 is 4.90 Å². The van der Waals surface area contributed by atoms with Crippen LogP contribution in [-0.2, 0) is 4.79 Å². The van der Waals surface area contributed by atoms with Gasteiger partial charge in [-0.2, -0.15) is 0 Å². The van der Waals surface area contributed by atoms with Gasteiger partial charge in [0.1, 0.15) is 0 Å². The van der Waals surface area contributed by atoms with E-state index in [0.717, 1.165) is 39.1 Å². The summed E-state index contributed by atoms with van der Waals surface area (Å²) >= 11 is 0. The third kappa shape index (κ3) is 5.74. The van der Waals surface area contributed by atoms with E-state index in [2.05, 4.69) is 94.3 Å². The number of nitrogens with zero attached hydrogens (tertiary/aromatic N) is 1. The fourth-order valence-electron chi connectivity index (χ4n) is 3.79. The molecule has 0 unspecified atom stereocenters. The van der Waals surface area contributed by atoms with E-state index in [0.29, 0.717) is 0 Å². The topological polar surface area (TPSA) is 20.3 Å².